The van der Waals surface area contributed by atoms with Gasteiger partial charge in [-0.1, -0.05) is 17.7 Å². The quantitative estimate of drug-likeness (QED) is 0.318. The van der Waals surface area contributed by atoms with E-state index in [-0.39, 0.29) is 6.29 Å². The molecule has 1 atom stereocenters. The average molecular weight is 511 g/mol. The highest BCUT2D eigenvalue weighted by Crippen LogP contribution is 2.38. The number of benzene rings is 2. The Labute approximate surface area is 216 Å². The Morgan fingerprint density at radius 2 is 1.92 bits per heavy atom. The summed E-state index contributed by atoms with van der Waals surface area (Å²) >= 11 is 6.41. The topological polar surface area (TPSA) is 70.1 Å². The molecular formula is C28H31ClN2O5. The lowest BCUT2D eigenvalue weighted by Gasteiger charge is -2.27. The van der Waals surface area contributed by atoms with Crippen LogP contribution in [0.2, 0.25) is 5.02 Å². The van der Waals surface area contributed by atoms with Crippen molar-refractivity contribution in [1.29, 1.82) is 0 Å². The van der Waals surface area contributed by atoms with Gasteiger partial charge in [0.25, 0.3) is 0 Å². The Bertz CT molecular complexity index is 1190. The summed E-state index contributed by atoms with van der Waals surface area (Å²) in [4.78, 5) is 19.2. The summed E-state index contributed by atoms with van der Waals surface area (Å²) in [5.74, 6) is 0.716. The number of carbonyl (C=O) groups excluding carboxylic acids is 1. The molecule has 7 nitrogen and oxygen atoms in total. The normalized spacial score (nSPS) is 15.4. The fourth-order valence-corrected chi connectivity index (χ4v) is 4.08. The number of halogens is 1. The lowest BCUT2D eigenvalue weighted by atomic mass is 10.1. The molecule has 8 heteroatoms. The van der Waals surface area contributed by atoms with Crippen LogP contribution in [0.1, 0.15) is 49.5 Å². The molecule has 3 aromatic rings. The van der Waals surface area contributed by atoms with E-state index < -0.39 is 11.6 Å². The van der Waals surface area contributed by atoms with E-state index in [1.165, 1.54) is 0 Å². The molecule has 2 heterocycles. The Hall–Kier alpha value is -3.29. The van der Waals surface area contributed by atoms with Crippen molar-refractivity contribution in [2.75, 3.05) is 18.6 Å². The second-order valence-electron chi connectivity index (χ2n) is 9.51. The second kappa shape index (κ2) is 11.2. The second-order valence-corrected chi connectivity index (χ2v) is 9.92. The van der Waals surface area contributed by atoms with Gasteiger partial charge in [0.15, 0.2) is 17.8 Å². The van der Waals surface area contributed by atoms with E-state index in [1.54, 1.807) is 25.4 Å². The van der Waals surface area contributed by atoms with Gasteiger partial charge in [0.1, 0.15) is 5.60 Å². The van der Waals surface area contributed by atoms with Crippen molar-refractivity contribution in [3.63, 3.8) is 0 Å². The predicted molar refractivity (Wildman–Crippen MR) is 139 cm³/mol. The molecule has 0 aliphatic carbocycles. The van der Waals surface area contributed by atoms with Gasteiger partial charge in [-0.05, 0) is 69.2 Å². The molecule has 1 saturated heterocycles. The van der Waals surface area contributed by atoms with Crippen LogP contribution in [0.4, 0.5) is 11.4 Å². The van der Waals surface area contributed by atoms with Crippen molar-refractivity contribution in [3.8, 4) is 11.5 Å². The Kier molecular flexibility index (Phi) is 8.01. The maximum atomic E-state index is 12.9. The number of hydrogen-bond donors (Lipinski definition) is 0. The van der Waals surface area contributed by atoms with Gasteiger partial charge < -0.3 is 23.8 Å². The van der Waals surface area contributed by atoms with Crippen molar-refractivity contribution < 1.29 is 23.7 Å². The fourth-order valence-electron chi connectivity index (χ4n) is 3.88. The standard InChI is InChI=1S/C28H31ClN2O5/c1-28(2,3)36-27(32)22-15-20(9-11-23(22)29)31(18-19-7-5-13-30-17-19)21-10-12-24(33-4)25(16-21)35-26-8-6-14-34-26/h5,7,9-13,15-17,26H,6,8,14,18H2,1-4H3. The molecule has 190 valence electrons. The first-order chi connectivity index (χ1) is 17.2. The van der Waals surface area contributed by atoms with Crippen molar-refractivity contribution in [3.05, 3.63) is 77.1 Å². The number of carbonyl (C=O) groups is 1. The molecule has 1 fully saturated rings. The molecule has 0 bridgehead atoms. The minimum absolute atomic E-state index is 0.296. The number of esters is 1. The van der Waals surface area contributed by atoms with Crippen LogP contribution in [-0.4, -0.2) is 36.6 Å². The molecule has 2 aromatic carbocycles. The van der Waals surface area contributed by atoms with E-state index in [2.05, 4.69) is 9.88 Å². The van der Waals surface area contributed by atoms with E-state index in [9.17, 15) is 4.79 Å². The maximum absolute atomic E-state index is 12.9. The number of aromatic nitrogens is 1. The van der Waals surface area contributed by atoms with Gasteiger partial charge >= 0.3 is 5.97 Å². The lowest BCUT2D eigenvalue weighted by Crippen LogP contribution is -2.24. The summed E-state index contributed by atoms with van der Waals surface area (Å²) in [6.07, 6.45) is 5.01. The predicted octanol–water partition coefficient (Wildman–Crippen LogP) is 6.55. The van der Waals surface area contributed by atoms with Crippen LogP contribution in [0.5, 0.6) is 11.5 Å². The molecule has 1 aliphatic rings. The maximum Gasteiger partial charge on any atom is 0.340 e. The number of ether oxygens (including phenoxy) is 4. The molecule has 36 heavy (non-hydrogen) atoms. The van der Waals surface area contributed by atoms with Gasteiger partial charge in [-0.25, -0.2) is 4.79 Å². The number of hydrogen-bond acceptors (Lipinski definition) is 7. The largest absolute Gasteiger partial charge is 0.493 e. The summed E-state index contributed by atoms with van der Waals surface area (Å²) < 4.78 is 22.9. The van der Waals surface area contributed by atoms with Crippen molar-refractivity contribution >= 4 is 28.9 Å². The number of nitrogens with zero attached hydrogens (tertiary/aromatic N) is 2. The van der Waals surface area contributed by atoms with Crippen molar-refractivity contribution in [2.24, 2.45) is 0 Å². The van der Waals surface area contributed by atoms with Crippen LogP contribution in [0.25, 0.3) is 0 Å². The molecule has 0 spiro atoms. The highest BCUT2D eigenvalue weighted by molar-refractivity contribution is 6.33. The third-order valence-electron chi connectivity index (χ3n) is 5.55. The van der Waals surface area contributed by atoms with Crippen molar-refractivity contribution in [1.82, 2.24) is 4.98 Å². The summed E-state index contributed by atoms with van der Waals surface area (Å²) in [5.41, 5.74) is 2.24. The molecule has 1 aromatic heterocycles. The fraction of sp³-hybridized carbons (Fsp3) is 0.357. The van der Waals surface area contributed by atoms with Crippen LogP contribution in [0.3, 0.4) is 0 Å². The van der Waals surface area contributed by atoms with Crippen LogP contribution < -0.4 is 14.4 Å². The molecule has 0 radical (unpaired) electrons. The highest BCUT2D eigenvalue weighted by atomic mass is 35.5. The summed E-state index contributed by atoms with van der Waals surface area (Å²) in [6, 6.07) is 14.9. The van der Waals surface area contributed by atoms with E-state index >= 15 is 0 Å². The van der Waals surface area contributed by atoms with Gasteiger partial charge in [0, 0.05) is 42.8 Å². The van der Waals surface area contributed by atoms with E-state index in [0.29, 0.717) is 35.2 Å². The summed E-state index contributed by atoms with van der Waals surface area (Å²) in [7, 11) is 1.61. The van der Waals surface area contributed by atoms with E-state index in [4.69, 9.17) is 30.5 Å². The zero-order chi connectivity index (χ0) is 25.7. The van der Waals surface area contributed by atoms with Crippen LogP contribution >= 0.6 is 11.6 Å². The van der Waals surface area contributed by atoms with Crippen LogP contribution in [-0.2, 0) is 16.0 Å². The zero-order valence-corrected chi connectivity index (χ0v) is 21.7. The molecule has 1 unspecified atom stereocenters. The number of methoxy groups -OCH3 is 1. The molecular weight excluding hydrogens is 480 g/mol. The Balaban J connectivity index is 1.75. The van der Waals surface area contributed by atoms with Gasteiger partial charge in [-0.3, -0.25) is 4.98 Å². The number of anilines is 2. The van der Waals surface area contributed by atoms with Gasteiger partial charge in [0.05, 0.1) is 24.3 Å². The first-order valence-corrected chi connectivity index (χ1v) is 12.3. The molecule has 0 N–H and O–H groups in total. The molecule has 1 aliphatic heterocycles. The smallest absolute Gasteiger partial charge is 0.340 e. The van der Waals surface area contributed by atoms with E-state index in [1.807, 2.05) is 63.4 Å². The average Bonchev–Trinajstić information content (AvgIpc) is 3.36. The van der Waals surface area contributed by atoms with E-state index in [0.717, 1.165) is 29.8 Å². The third-order valence-corrected chi connectivity index (χ3v) is 5.88. The number of rotatable bonds is 8. The molecule has 4 rings (SSSR count). The van der Waals surface area contributed by atoms with Gasteiger partial charge in [-0.2, -0.15) is 0 Å². The monoisotopic (exact) mass is 510 g/mol. The Morgan fingerprint density at radius 1 is 1.14 bits per heavy atom. The zero-order valence-electron chi connectivity index (χ0n) is 21.0. The first kappa shape index (κ1) is 25.8. The highest BCUT2D eigenvalue weighted by Gasteiger charge is 2.23. The van der Waals surface area contributed by atoms with Gasteiger partial charge in [0.2, 0.25) is 0 Å². The first-order valence-electron chi connectivity index (χ1n) is 11.9. The molecule has 0 amide bonds. The van der Waals surface area contributed by atoms with Crippen LogP contribution in [0, 0.1) is 0 Å². The van der Waals surface area contributed by atoms with Crippen LogP contribution in [0.15, 0.2) is 60.9 Å². The minimum atomic E-state index is -0.643. The summed E-state index contributed by atoms with van der Waals surface area (Å²) in [6.45, 7) is 6.64. The summed E-state index contributed by atoms with van der Waals surface area (Å²) in [5, 5.41) is 0.325. The minimum Gasteiger partial charge on any atom is -0.493 e. The molecule has 0 saturated carbocycles. The van der Waals surface area contributed by atoms with Gasteiger partial charge in [-0.15, -0.1) is 0 Å². The number of pyridine rings is 1. The van der Waals surface area contributed by atoms with Crippen molar-refractivity contribution in [2.45, 2.75) is 52.0 Å². The SMILES string of the molecule is COc1ccc(N(Cc2cccnc2)c2ccc(Cl)c(C(=O)OC(C)(C)C)c2)cc1OC1CCCO1. The third kappa shape index (κ3) is 6.47. The Morgan fingerprint density at radius 3 is 2.58 bits per heavy atom. The lowest BCUT2D eigenvalue weighted by molar-refractivity contribution is -0.0402.